The van der Waals surface area contributed by atoms with Crippen molar-refractivity contribution in [1.82, 2.24) is 0 Å². The van der Waals surface area contributed by atoms with E-state index in [1.807, 2.05) is 13.8 Å². The number of nitrogens with one attached hydrogen (secondary N) is 1. The van der Waals surface area contributed by atoms with Crippen molar-refractivity contribution in [2.75, 3.05) is 5.73 Å². The zero-order valence-corrected chi connectivity index (χ0v) is 8.19. The minimum atomic E-state index is -0.464. The molecule has 3 N–H and O–H groups in total. The molecule has 0 aromatic heterocycles. The second-order valence-electron chi connectivity index (χ2n) is 2.33. The number of benzene rings is 1. The van der Waals surface area contributed by atoms with Crippen LogP contribution in [0.25, 0.3) is 0 Å². The maximum atomic E-state index is 12.7. The summed E-state index contributed by atoms with van der Waals surface area (Å²) < 4.78 is 12.7. The van der Waals surface area contributed by atoms with Crippen molar-refractivity contribution in [1.29, 1.82) is 5.41 Å². The van der Waals surface area contributed by atoms with E-state index in [-0.39, 0.29) is 11.4 Å². The third-order valence-corrected chi connectivity index (χ3v) is 1.46. The summed E-state index contributed by atoms with van der Waals surface area (Å²) in [6.45, 7) is 5.57. The van der Waals surface area contributed by atoms with Gasteiger partial charge >= 0.3 is 0 Å². The first-order chi connectivity index (χ1) is 6.13. The zero-order valence-electron chi connectivity index (χ0n) is 8.19. The lowest BCUT2D eigenvalue weighted by Crippen LogP contribution is -2.01. The summed E-state index contributed by atoms with van der Waals surface area (Å²) >= 11 is 0. The summed E-state index contributed by atoms with van der Waals surface area (Å²) in [7, 11) is 0. The fourth-order valence-corrected chi connectivity index (χ4v) is 0.864. The molecule has 3 heteroatoms. The molecule has 0 saturated carbocycles. The van der Waals surface area contributed by atoms with E-state index in [0.29, 0.717) is 5.56 Å². The molecule has 1 rings (SSSR count). The minimum Gasteiger partial charge on any atom is -0.396 e. The highest BCUT2D eigenvalue weighted by Gasteiger charge is 2.04. The van der Waals surface area contributed by atoms with Crippen LogP contribution in [0.2, 0.25) is 0 Å². The molecule has 0 saturated heterocycles. The lowest BCUT2D eigenvalue weighted by atomic mass is 10.1. The van der Waals surface area contributed by atoms with Crippen LogP contribution in [0.3, 0.4) is 0 Å². The van der Waals surface area contributed by atoms with Crippen molar-refractivity contribution < 1.29 is 4.39 Å². The molecule has 0 atom stereocenters. The molecule has 1 aromatic carbocycles. The standard InChI is InChI=1S/C8H9FN2.C2H6/c1-5(10)6-3-2-4-7(9)8(6)11;1-2/h2-4,10H,11H2,1H3;1-2H3. The number of para-hydroxylation sites is 1. The molecular weight excluding hydrogens is 167 g/mol. The molecule has 0 amide bonds. The van der Waals surface area contributed by atoms with Gasteiger partial charge in [0.15, 0.2) is 0 Å². The van der Waals surface area contributed by atoms with Crippen molar-refractivity contribution in [2.24, 2.45) is 0 Å². The Kier molecular flexibility index (Phi) is 4.74. The van der Waals surface area contributed by atoms with Gasteiger partial charge in [-0.3, -0.25) is 0 Å². The summed E-state index contributed by atoms with van der Waals surface area (Å²) in [5.41, 5.74) is 6.17. The van der Waals surface area contributed by atoms with Gasteiger partial charge in [0.2, 0.25) is 0 Å². The normalized spacial score (nSPS) is 8.62. The first-order valence-electron chi connectivity index (χ1n) is 4.22. The maximum absolute atomic E-state index is 12.7. The Morgan fingerprint density at radius 1 is 1.38 bits per heavy atom. The molecule has 0 aliphatic rings. The van der Waals surface area contributed by atoms with Crippen LogP contribution in [-0.2, 0) is 0 Å². The molecule has 0 heterocycles. The van der Waals surface area contributed by atoms with Gasteiger partial charge in [0.25, 0.3) is 0 Å². The van der Waals surface area contributed by atoms with Gasteiger partial charge in [0.05, 0.1) is 5.69 Å². The van der Waals surface area contributed by atoms with Crippen LogP contribution in [0, 0.1) is 11.2 Å². The number of rotatable bonds is 1. The molecular formula is C10H15FN2. The van der Waals surface area contributed by atoms with E-state index >= 15 is 0 Å². The number of anilines is 1. The molecule has 0 aliphatic heterocycles. The minimum absolute atomic E-state index is 0.0556. The first-order valence-corrected chi connectivity index (χ1v) is 4.22. The van der Waals surface area contributed by atoms with Crippen molar-refractivity contribution in [3.63, 3.8) is 0 Å². The monoisotopic (exact) mass is 182 g/mol. The van der Waals surface area contributed by atoms with Gasteiger partial charge in [-0.25, -0.2) is 4.39 Å². The Morgan fingerprint density at radius 2 is 1.92 bits per heavy atom. The van der Waals surface area contributed by atoms with Crippen molar-refractivity contribution in [3.05, 3.63) is 29.6 Å². The highest BCUT2D eigenvalue weighted by Crippen LogP contribution is 2.15. The lowest BCUT2D eigenvalue weighted by Gasteiger charge is -2.02. The van der Waals surface area contributed by atoms with Crippen LogP contribution >= 0.6 is 0 Å². The van der Waals surface area contributed by atoms with Gasteiger partial charge in [-0.1, -0.05) is 26.0 Å². The molecule has 0 aliphatic carbocycles. The largest absolute Gasteiger partial charge is 0.396 e. The first kappa shape index (κ1) is 11.6. The van der Waals surface area contributed by atoms with Crippen LogP contribution in [0.4, 0.5) is 10.1 Å². The van der Waals surface area contributed by atoms with E-state index in [2.05, 4.69) is 0 Å². The Labute approximate surface area is 78.1 Å². The van der Waals surface area contributed by atoms with Crippen molar-refractivity contribution in [2.45, 2.75) is 20.8 Å². The fraction of sp³-hybridized carbons (Fsp3) is 0.300. The van der Waals surface area contributed by atoms with E-state index in [4.69, 9.17) is 11.1 Å². The summed E-state index contributed by atoms with van der Waals surface area (Å²) in [5, 5.41) is 7.23. The summed E-state index contributed by atoms with van der Waals surface area (Å²) in [6.07, 6.45) is 0. The van der Waals surface area contributed by atoms with Gasteiger partial charge < -0.3 is 11.1 Å². The molecule has 2 nitrogen and oxygen atoms in total. The van der Waals surface area contributed by atoms with Gasteiger partial charge in [0, 0.05) is 11.3 Å². The maximum Gasteiger partial charge on any atom is 0.146 e. The fourth-order valence-electron chi connectivity index (χ4n) is 0.864. The quantitative estimate of drug-likeness (QED) is 0.509. The Balaban J connectivity index is 0.000000671. The Hall–Kier alpha value is -1.38. The van der Waals surface area contributed by atoms with Crippen LogP contribution in [0.15, 0.2) is 18.2 Å². The average Bonchev–Trinajstić information content (AvgIpc) is 2.13. The number of hydrogen-bond acceptors (Lipinski definition) is 2. The van der Waals surface area contributed by atoms with E-state index < -0.39 is 5.82 Å². The van der Waals surface area contributed by atoms with Gasteiger partial charge in [0.1, 0.15) is 5.82 Å². The van der Waals surface area contributed by atoms with E-state index in [1.165, 1.54) is 6.07 Å². The van der Waals surface area contributed by atoms with Crippen LogP contribution < -0.4 is 5.73 Å². The van der Waals surface area contributed by atoms with Crippen molar-refractivity contribution in [3.8, 4) is 0 Å². The number of nitrogens with two attached hydrogens (primary N) is 1. The van der Waals surface area contributed by atoms with Gasteiger partial charge in [-0.05, 0) is 13.0 Å². The van der Waals surface area contributed by atoms with Gasteiger partial charge in [-0.15, -0.1) is 0 Å². The molecule has 72 valence electrons. The van der Waals surface area contributed by atoms with Crippen molar-refractivity contribution >= 4 is 11.4 Å². The Bertz CT molecular complexity index is 295. The highest BCUT2D eigenvalue weighted by molar-refractivity contribution is 6.00. The van der Waals surface area contributed by atoms with Gasteiger partial charge in [-0.2, -0.15) is 0 Å². The summed E-state index contributed by atoms with van der Waals surface area (Å²) in [4.78, 5) is 0. The highest BCUT2D eigenvalue weighted by atomic mass is 19.1. The smallest absolute Gasteiger partial charge is 0.146 e. The second kappa shape index (κ2) is 5.30. The van der Waals surface area contributed by atoms with E-state index in [9.17, 15) is 4.39 Å². The van der Waals surface area contributed by atoms with Crippen LogP contribution in [-0.4, -0.2) is 5.71 Å². The third kappa shape index (κ3) is 2.86. The third-order valence-electron chi connectivity index (χ3n) is 1.46. The van der Waals surface area contributed by atoms with E-state index in [1.54, 1.807) is 19.1 Å². The molecule has 1 aromatic rings. The molecule has 0 fully saturated rings. The van der Waals surface area contributed by atoms with Crippen LogP contribution in [0.1, 0.15) is 26.3 Å². The topological polar surface area (TPSA) is 49.9 Å². The Morgan fingerprint density at radius 3 is 2.31 bits per heavy atom. The predicted octanol–water partition coefficient (Wildman–Crippen LogP) is 2.82. The van der Waals surface area contributed by atoms with E-state index in [0.717, 1.165) is 0 Å². The molecule has 0 radical (unpaired) electrons. The zero-order chi connectivity index (χ0) is 10.4. The lowest BCUT2D eigenvalue weighted by molar-refractivity contribution is 0.632. The predicted molar refractivity (Wildman–Crippen MR) is 54.7 cm³/mol. The number of nitrogen functional groups attached to an aromatic ring is 1. The van der Waals surface area contributed by atoms with Crippen LogP contribution in [0.5, 0.6) is 0 Å². The molecule has 0 spiro atoms. The number of hydrogen-bond donors (Lipinski definition) is 2. The molecule has 13 heavy (non-hydrogen) atoms. The average molecular weight is 182 g/mol. The summed E-state index contributed by atoms with van der Waals surface area (Å²) in [6, 6.07) is 4.45. The summed E-state index contributed by atoms with van der Waals surface area (Å²) in [5.74, 6) is -0.464. The molecule has 0 bridgehead atoms. The second-order valence-corrected chi connectivity index (χ2v) is 2.33. The SMILES string of the molecule is CC.CC(=N)c1cccc(F)c1N. The number of halogens is 1. The molecule has 0 unspecified atom stereocenters.